The van der Waals surface area contributed by atoms with Crippen molar-refractivity contribution in [3.63, 3.8) is 0 Å². The first-order valence-electron chi connectivity index (χ1n) is 14.3. The fourth-order valence-electron chi connectivity index (χ4n) is 5.37. The average Bonchev–Trinajstić information content (AvgIpc) is 3.39. The molecule has 214 valence electrons. The summed E-state index contributed by atoms with van der Waals surface area (Å²) in [6.07, 6.45) is 1.81. The van der Waals surface area contributed by atoms with Crippen LogP contribution < -0.4 is 14.7 Å². The second-order valence-electron chi connectivity index (χ2n) is 10.7. The molecule has 2 heterocycles. The van der Waals surface area contributed by atoms with Gasteiger partial charge in [-0.05, 0) is 72.3 Å². The zero-order valence-electron chi connectivity index (χ0n) is 24.2. The third kappa shape index (κ3) is 4.97. The molecule has 5 aromatic rings. The second kappa shape index (κ2) is 11.4. The summed E-state index contributed by atoms with van der Waals surface area (Å²) in [6.45, 7) is 0. The third-order valence-corrected chi connectivity index (χ3v) is 8.74. The molecule has 0 aromatic heterocycles. The standard InChI is InChI=1S/C37H28N4O2S/c1-39(2)28-20-16-25(17-21-28)24-30-37(43)40(35(38-30)26-10-4-3-5-11-26)29-22-18-27(19-23-29)36(42)41-31-12-6-8-14-33(31)44-34-15-9-7-13-32(34)41/h3-24H,1-2H3. The third-order valence-electron chi connectivity index (χ3n) is 7.61. The molecule has 7 rings (SSSR count). The SMILES string of the molecule is CN(C)c1ccc(C=C2N=C(c3ccccc3)N(c3ccc(C(=O)N4c5ccccc5Sc5ccccc54)cc3)C2=O)cc1. The van der Waals surface area contributed by atoms with Crippen LogP contribution in [0.25, 0.3) is 6.08 Å². The van der Waals surface area contributed by atoms with E-state index in [1.165, 1.54) is 0 Å². The Morgan fingerprint density at radius 3 is 1.93 bits per heavy atom. The van der Waals surface area contributed by atoms with Gasteiger partial charge in [0, 0.05) is 40.7 Å². The zero-order chi connectivity index (χ0) is 30.2. The highest BCUT2D eigenvalue weighted by atomic mass is 32.2. The fraction of sp³-hybridized carbons (Fsp3) is 0.0541. The van der Waals surface area contributed by atoms with Crippen molar-refractivity contribution in [3.05, 3.63) is 150 Å². The summed E-state index contributed by atoms with van der Waals surface area (Å²) in [5.41, 5.74) is 6.00. The molecule has 0 atom stereocenters. The lowest BCUT2D eigenvalue weighted by Crippen LogP contribution is -2.33. The molecule has 2 amide bonds. The van der Waals surface area contributed by atoms with Gasteiger partial charge in [0.2, 0.25) is 0 Å². The highest BCUT2D eigenvalue weighted by Gasteiger charge is 2.33. The molecule has 2 aliphatic heterocycles. The number of benzene rings is 5. The largest absolute Gasteiger partial charge is 0.378 e. The Hall–Kier alpha value is -5.40. The van der Waals surface area contributed by atoms with Gasteiger partial charge in [-0.2, -0.15) is 0 Å². The quantitative estimate of drug-likeness (QED) is 0.194. The van der Waals surface area contributed by atoms with E-state index in [2.05, 4.69) is 0 Å². The van der Waals surface area contributed by atoms with Gasteiger partial charge in [0.1, 0.15) is 11.5 Å². The van der Waals surface area contributed by atoms with Crippen LogP contribution in [0.15, 0.2) is 148 Å². The van der Waals surface area contributed by atoms with Gasteiger partial charge in [0.15, 0.2) is 0 Å². The minimum absolute atomic E-state index is 0.136. The van der Waals surface area contributed by atoms with Crippen molar-refractivity contribution in [1.29, 1.82) is 0 Å². The number of carbonyl (C=O) groups is 2. The van der Waals surface area contributed by atoms with Crippen LogP contribution >= 0.6 is 11.8 Å². The van der Waals surface area contributed by atoms with E-state index in [-0.39, 0.29) is 11.8 Å². The first-order valence-corrected chi connectivity index (χ1v) is 15.1. The minimum Gasteiger partial charge on any atom is -0.378 e. The number of amides is 2. The van der Waals surface area contributed by atoms with Gasteiger partial charge >= 0.3 is 0 Å². The van der Waals surface area contributed by atoms with Crippen LogP contribution in [-0.2, 0) is 4.79 Å². The lowest BCUT2D eigenvalue weighted by atomic mass is 10.1. The monoisotopic (exact) mass is 592 g/mol. The van der Waals surface area contributed by atoms with Crippen molar-refractivity contribution in [2.45, 2.75) is 9.79 Å². The average molecular weight is 593 g/mol. The molecule has 0 N–H and O–H groups in total. The summed E-state index contributed by atoms with van der Waals surface area (Å²) in [7, 11) is 3.98. The van der Waals surface area contributed by atoms with E-state index in [0.717, 1.165) is 38.0 Å². The van der Waals surface area contributed by atoms with Crippen LogP contribution in [-0.4, -0.2) is 31.7 Å². The van der Waals surface area contributed by atoms with Crippen molar-refractivity contribution in [1.82, 2.24) is 0 Å². The number of amidine groups is 1. The van der Waals surface area contributed by atoms with Gasteiger partial charge in [-0.25, -0.2) is 4.99 Å². The van der Waals surface area contributed by atoms with E-state index >= 15 is 0 Å². The van der Waals surface area contributed by atoms with Crippen LogP contribution in [0.2, 0.25) is 0 Å². The normalized spacial score (nSPS) is 14.7. The van der Waals surface area contributed by atoms with Crippen molar-refractivity contribution in [2.24, 2.45) is 4.99 Å². The molecule has 0 saturated carbocycles. The number of rotatable bonds is 5. The van der Waals surface area contributed by atoms with Crippen LogP contribution in [0.1, 0.15) is 21.5 Å². The van der Waals surface area contributed by atoms with Crippen molar-refractivity contribution in [3.8, 4) is 0 Å². The molecule has 7 heteroatoms. The van der Waals surface area contributed by atoms with Gasteiger partial charge in [-0.1, -0.05) is 78.5 Å². The smallest absolute Gasteiger partial charge is 0.282 e. The maximum atomic E-state index is 14.0. The summed E-state index contributed by atoms with van der Waals surface area (Å²) >= 11 is 1.66. The Morgan fingerprint density at radius 1 is 0.727 bits per heavy atom. The van der Waals surface area contributed by atoms with E-state index < -0.39 is 0 Å². The summed E-state index contributed by atoms with van der Waals surface area (Å²) in [5.74, 6) is 0.181. The molecule has 44 heavy (non-hydrogen) atoms. The molecule has 0 fully saturated rings. The van der Waals surface area contributed by atoms with Crippen LogP contribution in [0.5, 0.6) is 0 Å². The van der Waals surface area contributed by atoms with Gasteiger partial charge < -0.3 is 4.90 Å². The van der Waals surface area contributed by atoms with E-state index in [1.54, 1.807) is 33.7 Å². The molecule has 0 saturated heterocycles. The number of hydrogen-bond donors (Lipinski definition) is 0. The summed E-state index contributed by atoms with van der Waals surface area (Å²) in [6, 6.07) is 40.7. The van der Waals surface area contributed by atoms with Crippen molar-refractivity contribution < 1.29 is 9.59 Å². The molecule has 0 bridgehead atoms. The van der Waals surface area contributed by atoms with Gasteiger partial charge in [-0.3, -0.25) is 19.4 Å². The topological polar surface area (TPSA) is 56.2 Å². The van der Waals surface area contributed by atoms with E-state index in [4.69, 9.17) is 4.99 Å². The van der Waals surface area contributed by atoms with Gasteiger partial charge in [0.05, 0.1) is 17.1 Å². The fourth-order valence-corrected chi connectivity index (χ4v) is 6.43. The Bertz CT molecular complexity index is 1900. The maximum Gasteiger partial charge on any atom is 0.282 e. The molecule has 0 aliphatic carbocycles. The van der Waals surface area contributed by atoms with Crippen LogP contribution in [0.3, 0.4) is 0 Å². The zero-order valence-corrected chi connectivity index (χ0v) is 25.0. The molecule has 0 radical (unpaired) electrons. The van der Waals surface area contributed by atoms with Crippen molar-refractivity contribution in [2.75, 3.05) is 28.8 Å². The van der Waals surface area contributed by atoms with Crippen LogP contribution in [0.4, 0.5) is 22.7 Å². The number of aliphatic imine (C=N–C) groups is 1. The highest BCUT2D eigenvalue weighted by Crippen LogP contribution is 2.48. The number of anilines is 4. The predicted octanol–water partition coefficient (Wildman–Crippen LogP) is 8.03. The molecular formula is C37H28N4O2S. The Balaban J connectivity index is 1.23. The van der Waals surface area contributed by atoms with E-state index in [0.29, 0.717) is 22.8 Å². The maximum absolute atomic E-state index is 14.0. The lowest BCUT2D eigenvalue weighted by molar-refractivity contribution is -0.113. The summed E-state index contributed by atoms with van der Waals surface area (Å²) < 4.78 is 0. The summed E-state index contributed by atoms with van der Waals surface area (Å²) in [4.78, 5) is 40.2. The van der Waals surface area contributed by atoms with E-state index in [9.17, 15) is 9.59 Å². The molecular weight excluding hydrogens is 565 g/mol. The highest BCUT2D eigenvalue weighted by molar-refractivity contribution is 7.99. The van der Waals surface area contributed by atoms with Gasteiger partial charge in [-0.15, -0.1) is 0 Å². The number of para-hydroxylation sites is 2. The first kappa shape index (κ1) is 27.4. The number of nitrogens with zero attached hydrogens (tertiary/aromatic N) is 4. The first-order chi connectivity index (χ1) is 21.5. The lowest BCUT2D eigenvalue weighted by Gasteiger charge is -2.31. The van der Waals surface area contributed by atoms with Crippen LogP contribution in [0, 0.1) is 0 Å². The second-order valence-corrected chi connectivity index (χ2v) is 11.8. The van der Waals surface area contributed by atoms with Crippen molar-refractivity contribution >= 4 is 58.2 Å². The Labute approximate surface area is 260 Å². The number of fused-ring (bicyclic) bond motifs is 2. The molecule has 0 unspecified atom stereocenters. The van der Waals surface area contributed by atoms with E-state index in [1.807, 2.05) is 140 Å². The Kier molecular flexibility index (Phi) is 7.08. The minimum atomic E-state index is -0.226. The molecule has 6 nitrogen and oxygen atoms in total. The molecule has 5 aromatic carbocycles. The molecule has 0 spiro atoms. The predicted molar refractivity (Wildman–Crippen MR) is 179 cm³/mol. The number of carbonyl (C=O) groups excluding carboxylic acids is 2. The summed E-state index contributed by atoms with van der Waals surface area (Å²) in [5, 5.41) is 0. The number of hydrogen-bond acceptors (Lipinski definition) is 5. The Morgan fingerprint density at radius 2 is 1.32 bits per heavy atom. The van der Waals surface area contributed by atoms with Gasteiger partial charge in [0.25, 0.3) is 11.8 Å². The molecule has 2 aliphatic rings.